The summed E-state index contributed by atoms with van der Waals surface area (Å²) in [5.74, 6) is 0.198. The van der Waals surface area contributed by atoms with Crippen molar-refractivity contribution in [1.82, 2.24) is 4.98 Å². The normalized spacial score (nSPS) is 16.0. The van der Waals surface area contributed by atoms with Crippen LogP contribution in [0.4, 0.5) is 5.69 Å². The molecule has 1 atom stereocenters. The summed E-state index contributed by atoms with van der Waals surface area (Å²) in [7, 11) is 1.56. The summed E-state index contributed by atoms with van der Waals surface area (Å²) in [5.41, 5.74) is 1.29. The van der Waals surface area contributed by atoms with Crippen molar-refractivity contribution in [2.75, 3.05) is 12.4 Å². The van der Waals surface area contributed by atoms with Crippen molar-refractivity contribution < 1.29 is 19.1 Å². The molecule has 0 saturated carbocycles. The third-order valence-electron chi connectivity index (χ3n) is 4.26. The first-order valence-corrected chi connectivity index (χ1v) is 9.71. The number of hydrogen-bond acceptors (Lipinski definition) is 6. The molecule has 0 spiro atoms. The molecule has 0 saturated heterocycles. The van der Waals surface area contributed by atoms with Crippen molar-refractivity contribution in [3.63, 3.8) is 0 Å². The second kappa shape index (κ2) is 9.32. The van der Waals surface area contributed by atoms with Gasteiger partial charge in [-0.2, -0.15) is 0 Å². The molecule has 6 nitrogen and oxygen atoms in total. The molecule has 0 fully saturated rings. The Morgan fingerprint density at radius 3 is 2.93 bits per heavy atom. The maximum atomic E-state index is 12.2. The molecule has 1 aliphatic rings. The van der Waals surface area contributed by atoms with E-state index >= 15 is 0 Å². The van der Waals surface area contributed by atoms with Gasteiger partial charge < -0.3 is 14.8 Å². The minimum atomic E-state index is -0.178. The number of rotatable bonds is 7. The number of para-hydroxylation sites is 2. The average Bonchev–Trinajstić information content (AvgIpc) is 3.14. The molecule has 0 radical (unpaired) electrons. The number of nitrogens with zero attached hydrogens (tertiary/aromatic N) is 1. The van der Waals surface area contributed by atoms with Gasteiger partial charge in [0.1, 0.15) is 17.4 Å². The fourth-order valence-corrected chi connectivity index (χ4v) is 3.62. The lowest BCUT2D eigenvalue weighted by molar-refractivity contribution is -0.150. The van der Waals surface area contributed by atoms with Crippen molar-refractivity contribution in [2.24, 2.45) is 5.92 Å². The summed E-state index contributed by atoms with van der Waals surface area (Å²) < 4.78 is 10.6. The molecular formula is C20H22N2O4S. The minimum absolute atomic E-state index is 0.0558. The lowest BCUT2D eigenvalue weighted by Gasteiger charge is -2.15. The zero-order chi connectivity index (χ0) is 19.1. The SMILES string of the molecule is COc1ccccc1NC(=O)Cc1nc(COC(=O)C2CC=CCC2)cs1. The largest absolute Gasteiger partial charge is 0.495 e. The molecule has 0 aliphatic heterocycles. The second-order valence-electron chi connectivity index (χ2n) is 6.25. The summed E-state index contributed by atoms with van der Waals surface area (Å²) in [6.07, 6.45) is 6.76. The zero-order valence-corrected chi connectivity index (χ0v) is 16.0. The third-order valence-corrected chi connectivity index (χ3v) is 5.15. The molecule has 2 aromatic rings. The van der Waals surface area contributed by atoms with E-state index in [9.17, 15) is 9.59 Å². The Balaban J connectivity index is 1.49. The lowest BCUT2D eigenvalue weighted by atomic mass is 9.95. The van der Waals surface area contributed by atoms with Crippen LogP contribution in [0.2, 0.25) is 0 Å². The van der Waals surface area contributed by atoms with E-state index in [0.717, 1.165) is 19.3 Å². The molecular weight excluding hydrogens is 364 g/mol. The lowest BCUT2D eigenvalue weighted by Crippen LogP contribution is -2.18. The van der Waals surface area contributed by atoms with Crippen molar-refractivity contribution >= 4 is 28.9 Å². The predicted octanol–water partition coefficient (Wildman–Crippen LogP) is 3.73. The van der Waals surface area contributed by atoms with Crippen LogP contribution >= 0.6 is 11.3 Å². The number of methoxy groups -OCH3 is 1. The van der Waals surface area contributed by atoms with Crippen molar-refractivity contribution in [1.29, 1.82) is 0 Å². The number of aromatic nitrogens is 1. The first-order valence-electron chi connectivity index (χ1n) is 8.83. The van der Waals surface area contributed by atoms with Gasteiger partial charge in [-0.25, -0.2) is 4.98 Å². The quantitative estimate of drug-likeness (QED) is 0.579. The highest BCUT2D eigenvalue weighted by molar-refractivity contribution is 7.09. The van der Waals surface area contributed by atoms with E-state index < -0.39 is 0 Å². The molecule has 1 heterocycles. The van der Waals surface area contributed by atoms with Crippen LogP contribution in [0.15, 0.2) is 41.8 Å². The van der Waals surface area contributed by atoms with Gasteiger partial charge in [0, 0.05) is 5.38 Å². The first-order chi connectivity index (χ1) is 13.2. The number of allylic oxidation sites excluding steroid dienone is 2. The van der Waals surface area contributed by atoms with Crippen molar-refractivity contribution in [3.05, 3.63) is 52.5 Å². The molecule has 0 bridgehead atoms. The maximum absolute atomic E-state index is 12.2. The fraction of sp³-hybridized carbons (Fsp3) is 0.350. The maximum Gasteiger partial charge on any atom is 0.309 e. The smallest absolute Gasteiger partial charge is 0.309 e. The molecule has 1 aliphatic carbocycles. The molecule has 7 heteroatoms. The Morgan fingerprint density at radius 1 is 1.30 bits per heavy atom. The van der Waals surface area contributed by atoms with Gasteiger partial charge in [-0.1, -0.05) is 24.3 Å². The molecule has 142 valence electrons. The standard InChI is InChI=1S/C20H22N2O4S/c1-25-17-10-6-5-9-16(17)22-18(23)11-19-21-15(13-27-19)12-26-20(24)14-7-3-2-4-8-14/h2-3,5-6,9-10,13-14H,4,7-8,11-12H2,1H3,(H,22,23). The summed E-state index contributed by atoms with van der Waals surface area (Å²) >= 11 is 1.38. The third kappa shape index (κ3) is 5.40. The van der Waals surface area contributed by atoms with Gasteiger partial charge in [0.15, 0.2) is 0 Å². The van der Waals surface area contributed by atoms with E-state index in [2.05, 4.69) is 16.4 Å². The Bertz CT molecular complexity index is 831. The molecule has 3 rings (SSSR count). The number of carbonyl (C=O) groups excluding carboxylic acids is 2. The summed E-state index contributed by atoms with van der Waals surface area (Å²) in [4.78, 5) is 28.7. The number of anilines is 1. The number of nitrogens with one attached hydrogen (secondary N) is 1. The summed E-state index contributed by atoms with van der Waals surface area (Å²) in [6, 6.07) is 7.24. The highest BCUT2D eigenvalue weighted by Crippen LogP contribution is 2.24. The number of benzene rings is 1. The van der Waals surface area contributed by atoms with E-state index in [1.54, 1.807) is 19.2 Å². The second-order valence-corrected chi connectivity index (χ2v) is 7.19. The number of esters is 1. The fourth-order valence-electron chi connectivity index (χ4n) is 2.85. The van der Waals surface area contributed by atoms with E-state index in [0.29, 0.717) is 22.1 Å². The van der Waals surface area contributed by atoms with Crippen LogP contribution in [-0.4, -0.2) is 24.0 Å². The van der Waals surface area contributed by atoms with Crippen LogP contribution in [0.25, 0.3) is 0 Å². The number of amides is 1. The van der Waals surface area contributed by atoms with Gasteiger partial charge in [-0.15, -0.1) is 11.3 Å². The van der Waals surface area contributed by atoms with Gasteiger partial charge in [0.25, 0.3) is 0 Å². The molecule has 27 heavy (non-hydrogen) atoms. The van der Waals surface area contributed by atoms with Gasteiger partial charge >= 0.3 is 5.97 Å². The molecule has 1 aromatic carbocycles. The minimum Gasteiger partial charge on any atom is -0.495 e. The zero-order valence-electron chi connectivity index (χ0n) is 15.1. The highest BCUT2D eigenvalue weighted by atomic mass is 32.1. The van der Waals surface area contributed by atoms with Gasteiger partial charge in [-0.3, -0.25) is 9.59 Å². The van der Waals surface area contributed by atoms with Gasteiger partial charge in [0.2, 0.25) is 5.91 Å². The number of ether oxygens (including phenoxy) is 2. The Morgan fingerprint density at radius 2 is 2.15 bits per heavy atom. The summed E-state index contributed by atoms with van der Waals surface area (Å²) in [5, 5.41) is 5.32. The monoisotopic (exact) mass is 386 g/mol. The number of hydrogen-bond donors (Lipinski definition) is 1. The molecule has 1 unspecified atom stereocenters. The van der Waals surface area contributed by atoms with Gasteiger partial charge in [0.05, 0.1) is 30.8 Å². The van der Waals surface area contributed by atoms with Crippen LogP contribution in [0, 0.1) is 5.92 Å². The van der Waals surface area contributed by atoms with Crippen LogP contribution in [0.5, 0.6) is 5.75 Å². The van der Waals surface area contributed by atoms with E-state index in [1.165, 1.54) is 11.3 Å². The number of thiazole rings is 1. The molecule has 1 amide bonds. The molecule has 1 N–H and O–H groups in total. The van der Waals surface area contributed by atoms with Crippen LogP contribution in [0.1, 0.15) is 30.0 Å². The van der Waals surface area contributed by atoms with E-state index in [4.69, 9.17) is 9.47 Å². The van der Waals surface area contributed by atoms with Crippen LogP contribution in [0.3, 0.4) is 0 Å². The first kappa shape index (κ1) is 19.1. The highest BCUT2D eigenvalue weighted by Gasteiger charge is 2.20. The van der Waals surface area contributed by atoms with Crippen LogP contribution < -0.4 is 10.1 Å². The van der Waals surface area contributed by atoms with E-state index in [-0.39, 0.29) is 30.8 Å². The van der Waals surface area contributed by atoms with Crippen molar-refractivity contribution in [2.45, 2.75) is 32.3 Å². The Hall–Kier alpha value is -2.67. The predicted molar refractivity (Wildman–Crippen MR) is 104 cm³/mol. The van der Waals surface area contributed by atoms with Gasteiger partial charge in [-0.05, 0) is 31.4 Å². The Labute approximate surface area is 162 Å². The Kier molecular flexibility index (Phi) is 6.59. The molecule has 1 aromatic heterocycles. The van der Waals surface area contributed by atoms with Crippen LogP contribution in [-0.2, 0) is 27.4 Å². The van der Waals surface area contributed by atoms with Crippen molar-refractivity contribution in [3.8, 4) is 5.75 Å². The average molecular weight is 386 g/mol. The topological polar surface area (TPSA) is 77.5 Å². The van der Waals surface area contributed by atoms with E-state index in [1.807, 2.05) is 23.6 Å². The summed E-state index contributed by atoms with van der Waals surface area (Å²) in [6.45, 7) is 0.143. The number of carbonyl (C=O) groups is 2.